The summed E-state index contributed by atoms with van der Waals surface area (Å²) in [5, 5.41) is 29.5. The fraction of sp³-hybridized carbons (Fsp3) is 0.500. The second-order valence-corrected chi connectivity index (χ2v) is 8.36. The summed E-state index contributed by atoms with van der Waals surface area (Å²) in [6.07, 6.45) is -1.40. The van der Waals surface area contributed by atoms with E-state index in [1.54, 1.807) is 24.3 Å². The van der Waals surface area contributed by atoms with E-state index in [2.05, 4.69) is 31.1 Å². The van der Waals surface area contributed by atoms with Crippen molar-refractivity contribution in [1.29, 1.82) is 0 Å². The number of amides is 2. The van der Waals surface area contributed by atoms with Crippen molar-refractivity contribution in [3.05, 3.63) is 29.8 Å². The minimum Gasteiger partial charge on any atom is -0.481 e. The van der Waals surface area contributed by atoms with Gasteiger partial charge in [0.1, 0.15) is 18.4 Å². The molecule has 1 aromatic rings. The zero-order chi connectivity index (χ0) is 23.7. The molecule has 0 spiro atoms. The zero-order valence-corrected chi connectivity index (χ0v) is 20.7. The molecule has 34 heavy (non-hydrogen) atoms. The Hall–Kier alpha value is -2.26. The van der Waals surface area contributed by atoms with E-state index in [9.17, 15) is 24.3 Å². The van der Waals surface area contributed by atoms with E-state index < -0.39 is 36.2 Å². The standard InChI is InChI=1S/C20H27N7O6.Na/c21-20-24-16-15(18(31)25-20)27-9-26(8-12(27)7-22-16)11-3-1-10(2-4-11)17(30)23-13(19(32)33)5-6-14(28)29;/h1-4,12-13,15-16,20,22,24H,5-9,21H2,(H,23,30)(H,25,31)(H,28,29)(H,32,33);/t12?,13-,15?,16?,20?;/m0./s1. The molecule has 5 atom stereocenters. The molecule has 4 rings (SSSR count). The van der Waals surface area contributed by atoms with Crippen LogP contribution in [0.5, 0.6) is 0 Å². The number of piperazine rings is 1. The maximum Gasteiger partial charge on any atom is 0.326 e. The summed E-state index contributed by atoms with van der Waals surface area (Å²) in [7, 11) is 0. The van der Waals surface area contributed by atoms with Gasteiger partial charge in [0.25, 0.3) is 5.91 Å². The summed E-state index contributed by atoms with van der Waals surface area (Å²) in [6, 6.07) is 5.16. The number of fused-ring (bicyclic) bond motifs is 3. The Balaban J connectivity index is 0.00000324. The predicted octanol–water partition coefficient (Wildman–Crippen LogP) is -2.94. The molecule has 0 saturated carbocycles. The van der Waals surface area contributed by atoms with E-state index >= 15 is 0 Å². The van der Waals surface area contributed by atoms with Crippen molar-refractivity contribution < 1.29 is 29.4 Å². The fourth-order valence-electron chi connectivity index (χ4n) is 4.50. The van der Waals surface area contributed by atoms with Crippen molar-refractivity contribution in [2.75, 3.05) is 24.7 Å². The van der Waals surface area contributed by atoms with Crippen LogP contribution in [0.1, 0.15) is 23.2 Å². The van der Waals surface area contributed by atoms with Crippen LogP contribution in [0, 0.1) is 0 Å². The molecule has 3 aliphatic heterocycles. The maximum atomic E-state index is 12.5. The summed E-state index contributed by atoms with van der Waals surface area (Å²) in [5.41, 5.74) is 6.93. The Morgan fingerprint density at radius 3 is 2.56 bits per heavy atom. The number of carbonyl (C=O) groups is 4. The number of rotatable bonds is 7. The predicted molar refractivity (Wildman–Crippen MR) is 121 cm³/mol. The number of aliphatic carboxylic acids is 2. The van der Waals surface area contributed by atoms with Crippen LogP contribution in [0.4, 0.5) is 5.69 Å². The van der Waals surface area contributed by atoms with Gasteiger partial charge in [0, 0.05) is 66.4 Å². The molecule has 0 bridgehead atoms. The quantitative estimate of drug-likeness (QED) is 0.196. The van der Waals surface area contributed by atoms with E-state index in [0.29, 0.717) is 19.8 Å². The number of hydrogen-bond acceptors (Lipinski definition) is 9. The first-order valence-corrected chi connectivity index (χ1v) is 10.6. The molecule has 14 heteroatoms. The van der Waals surface area contributed by atoms with Crippen molar-refractivity contribution in [3.8, 4) is 0 Å². The number of carboxylic acid groups (broad SMARTS) is 2. The summed E-state index contributed by atoms with van der Waals surface area (Å²) >= 11 is 0. The molecule has 3 aliphatic rings. The Kier molecular flexibility index (Phi) is 8.52. The minimum absolute atomic E-state index is 0. The summed E-state index contributed by atoms with van der Waals surface area (Å²) in [6.45, 7) is 1.91. The smallest absolute Gasteiger partial charge is 0.326 e. The van der Waals surface area contributed by atoms with Gasteiger partial charge in [-0.15, -0.1) is 0 Å². The molecule has 179 valence electrons. The van der Waals surface area contributed by atoms with Gasteiger partial charge in [-0.1, -0.05) is 0 Å². The minimum atomic E-state index is -1.29. The van der Waals surface area contributed by atoms with Crippen LogP contribution in [0.15, 0.2) is 24.3 Å². The average molecular weight is 484 g/mol. The van der Waals surface area contributed by atoms with E-state index in [4.69, 9.17) is 10.8 Å². The molecular weight excluding hydrogens is 457 g/mol. The number of nitrogens with zero attached hydrogens (tertiary/aromatic N) is 2. The first kappa shape index (κ1) is 26.3. The van der Waals surface area contributed by atoms with Crippen LogP contribution in [0.25, 0.3) is 0 Å². The van der Waals surface area contributed by atoms with Crippen LogP contribution in [0.3, 0.4) is 0 Å². The van der Waals surface area contributed by atoms with Gasteiger partial charge in [-0.05, 0) is 30.7 Å². The van der Waals surface area contributed by atoms with Gasteiger partial charge in [0.2, 0.25) is 5.91 Å². The molecule has 0 aliphatic carbocycles. The van der Waals surface area contributed by atoms with Gasteiger partial charge in [-0.3, -0.25) is 35.7 Å². The number of carbonyl (C=O) groups excluding carboxylic acids is 2. The SMILES string of the molecule is NC1NC(=O)C2C(NCC3CN(c4ccc(C(=O)N[C@@H](CCC(=O)O)C(=O)O)cc4)CN32)N1.[Na]. The van der Waals surface area contributed by atoms with E-state index in [1.807, 2.05) is 0 Å². The number of benzene rings is 1. The first-order valence-electron chi connectivity index (χ1n) is 10.6. The van der Waals surface area contributed by atoms with E-state index in [-0.39, 0.29) is 66.1 Å². The molecule has 3 fully saturated rings. The Morgan fingerprint density at radius 1 is 1.21 bits per heavy atom. The van der Waals surface area contributed by atoms with Gasteiger partial charge in [0.15, 0.2) is 0 Å². The molecule has 3 saturated heterocycles. The van der Waals surface area contributed by atoms with Crippen molar-refractivity contribution in [2.45, 2.75) is 43.4 Å². The summed E-state index contributed by atoms with van der Waals surface area (Å²) < 4.78 is 0. The van der Waals surface area contributed by atoms with Crippen LogP contribution in [0.2, 0.25) is 0 Å². The Labute approximate surface area is 217 Å². The molecule has 1 radical (unpaired) electrons. The summed E-state index contributed by atoms with van der Waals surface area (Å²) in [4.78, 5) is 51.2. The van der Waals surface area contributed by atoms with Crippen LogP contribution in [-0.4, -0.2) is 119 Å². The van der Waals surface area contributed by atoms with E-state index in [1.165, 1.54) is 0 Å². The number of nitrogens with one attached hydrogen (secondary N) is 4. The second-order valence-electron chi connectivity index (χ2n) is 8.36. The van der Waals surface area contributed by atoms with Crippen LogP contribution < -0.4 is 31.9 Å². The topological polar surface area (TPSA) is 189 Å². The molecule has 2 amide bonds. The number of nitrogens with two attached hydrogens (primary N) is 1. The molecule has 8 N–H and O–H groups in total. The van der Waals surface area contributed by atoms with Crippen molar-refractivity contribution >= 4 is 59.0 Å². The summed E-state index contributed by atoms with van der Waals surface area (Å²) in [5.74, 6) is -3.14. The third kappa shape index (κ3) is 5.68. The first-order chi connectivity index (χ1) is 15.7. The van der Waals surface area contributed by atoms with Gasteiger partial charge in [0.05, 0.1) is 12.8 Å². The normalized spacial score (nSPS) is 27.0. The molecule has 4 unspecified atom stereocenters. The zero-order valence-electron chi connectivity index (χ0n) is 18.7. The van der Waals surface area contributed by atoms with Crippen molar-refractivity contribution in [2.24, 2.45) is 5.73 Å². The largest absolute Gasteiger partial charge is 0.481 e. The third-order valence-electron chi connectivity index (χ3n) is 6.15. The number of carboxylic acids is 2. The van der Waals surface area contributed by atoms with Gasteiger partial charge >= 0.3 is 11.9 Å². The fourth-order valence-corrected chi connectivity index (χ4v) is 4.50. The second kappa shape index (κ2) is 11.0. The van der Waals surface area contributed by atoms with Gasteiger partial charge in [-0.2, -0.15) is 0 Å². The number of hydrogen-bond donors (Lipinski definition) is 7. The Morgan fingerprint density at radius 2 is 1.91 bits per heavy atom. The Bertz CT molecular complexity index is 948. The third-order valence-corrected chi connectivity index (χ3v) is 6.15. The molecular formula is C20H27N7NaO6. The van der Waals surface area contributed by atoms with Gasteiger partial charge in [-0.25, -0.2) is 4.79 Å². The van der Waals surface area contributed by atoms with Crippen molar-refractivity contribution in [3.63, 3.8) is 0 Å². The molecule has 0 aromatic heterocycles. The molecule has 13 nitrogen and oxygen atoms in total. The average Bonchev–Trinajstić information content (AvgIpc) is 3.20. The molecule has 3 heterocycles. The van der Waals surface area contributed by atoms with Crippen LogP contribution in [-0.2, 0) is 14.4 Å². The van der Waals surface area contributed by atoms with E-state index in [0.717, 1.165) is 5.69 Å². The van der Waals surface area contributed by atoms with Crippen LogP contribution >= 0.6 is 0 Å². The van der Waals surface area contributed by atoms with Gasteiger partial charge < -0.3 is 25.7 Å². The monoisotopic (exact) mass is 484 g/mol. The maximum absolute atomic E-state index is 12.5. The van der Waals surface area contributed by atoms with Crippen molar-refractivity contribution in [1.82, 2.24) is 26.2 Å². The number of anilines is 1. The molecule has 1 aromatic carbocycles.